The van der Waals surface area contributed by atoms with Crippen molar-refractivity contribution in [3.05, 3.63) is 29.6 Å². The van der Waals surface area contributed by atoms with Crippen molar-refractivity contribution in [1.82, 2.24) is 5.06 Å². The van der Waals surface area contributed by atoms with Crippen LogP contribution in [-0.4, -0.2) is 47.1 Å². The number of hydrogen-bond acceptors (Lipinski definition) is 7. The number of para-hydroxylation sites is 1. The minimum atomic E-state index is -1.68. The molecule has 1 spiro atoms. The quantitative estimate of drug-likeness (QED) is 0.677. The zero-order valence-corrected chi connectivity index (χ0v) is 18.1. The number of imide groups is 1. The first-order chi connectivity index (χ1) is 14.5. The van der Waals surface area contributed by atoms with Gasteiger partial charge in [-0.15, -0.1) is 0 Å². The molecular weight excluding hydrogens is 405 g/mol. The summed E-state index contributed by atoms with van der Waals surface area (Å²) in [5.41, 5.74) is -3.81. The molecule has 4 rings (SSSR count). The second-order valence-electron chi connectivity index (χ2n) is 9.37. The van der Waals surface area contributed by atoms with E-state index < -0.39 is 46.3 Å². The molecule has 0 aromatic heterocycles. The Balaban J connectivity index is 2.02. The fourth-order valence-corrected chi connectivity index (χ4v) is 5.57. The molecule has 4 atom stereocenters. The number of Topliss-reactive ketones (excluding diaryl/α,β-unsaturated/α-hetero) is 1. The Hall–Kier alpha value is -2.83. The lowest BCUT2D eigenvalue weighted by atomic mass is 9.61. The highest BCUT2D eigenvalue weighted by Crippen LogP contribution is 2.63. The highest BCUT2D eigenvalue weighted by molar-refractivity contribution is 6.23. The van der Waals surface area contributed by atoms with E-state index in [1.165, 1.54) is 24.3 Å². The molecule has 3 aliphatic heterocycles. The lowest BCUT2D eigenvalue weighted by Gasteiger charge is -2.45. The maximum Gasteiger partial charge on any atom is 0.421 e. The number of carbonyl (C=O) groups is 3. The molecule has 1 aromatic rings. The van der Waals surface area contributed by atoms with E-state index in [0.29, 0.717) is 4.90 Å². The van der Waals surface area contributed by atoms with E-state index in [9.17, 15) is 19.6 Å². The molecule has 9 heteroatoms. The van der Waals surface area contributed by atoms with E-state index in [1.54, 1.807) is 27.7 Å². The van der Waals surface area contributed by atoms with Gasteiger partial charge in [0.15, 0.2) is 5.78 Å². The van der Waals surface area contributed by atoms with Crippen LogP contribution < -0.4 is 4.90 Å². The van der Waals surface area contributed by atoms with Gasteiger partial charge in [0.05, 0.1) is 30.3 Å². The molecule has 164 valence electrons. The molecule has 2 bridgehead atoms. The van der Waals surface area contributed by atoms with E-state index in [4.69, 9.17) is 9.57 Å². The summed E-state index contributed by atoms with van der Waals surface area (Å²) < 4.78 is 20.5. The summed E-state index contributed by atoms with van der Waals surface area (Å²) in [5, 5.41) is 11.5. The van der Waals surface area contributed by atoms with Gasteiger partial charge in [-0.05, 0) is 45.7 Å². The second kappa shape index (κ2) is 6.58. The number of benzene rings is 1. The molecule has 3 heterocycles. The number of hydroxylamine groups is 2. The first-order valence-electron chi connectivity index (χ1n) is 10.1. The molecule has 0 saturated carbocycles. The maximum absolute atomic E-state index is 15.1. The standard InChI is InChI=1S/C22H24FN3O5/c1-20(2,3)31-19(29)25-16-12(7-6-8-14(16)23)22(18(25)28)13(11-24)17-15(27)9-10-21(22,4)26(17)30-5/h6-8,13,17H,9-10H2,1-5H3/t13-,17+,21+,22-/m1/s1. The topological polar surface area (TPSA) is 99.9 Å². The Bertz CT molecular complexity index is 1040. The summed E-state index contributed by atoms with van der Waals surface area (Å²) in [6, 6.07) is 5.23. The zero-order valence-electron chi connectivity index (χ0n) is 18.1. The Morgan fingerprint density at radius 1 is 1.32 bits per heavy atom. The molecule has 31 heavy (non-hydrogen) atoms. The van der Waals surface area contributed by atoms with Gasteiger partial charge in [-0.3, -0.25) is 9.59 Å². The van der Waals surface area contributed by atoms with Gasteiger partial charge in [0, 0.05) is 6.42 Å². The van der Waals surface area contributed by atoms with Crippen LogP contribution >= 0.6 is 0 Å². The molecule has 2 fully saturated rings. The summed E-state index contributed by atoms with van der Waals surface area (Å²) in [4.78, 5) is 46.1. The third-order valence-electron chi connectivity index (χ3n) is 6.65. The van der Waals surface area contributed by atoms with Crippen molar-refractivity contribution in [2.45, 2.75) is 63.1 Å². The number of nitriles is 1. The number of halogens is 1. The minimum Gasteiger partial charge on any atom is -0.443 e. The molecule has 3 aliphatic rings. The van der Waals surface area contributed by atoms with Crippen molar-refractivity contribution in [3.63, 3.8) is 0 Å². The number of piperidine rings is 1. The maximum atomic E-state index is 15.1. The van der Waals surface area contributed by atoms with Crippen LogP contribution in [0.25, 0.3) is 0 Å². The Morgan fingerprint density at radius 3 is 2.58 bits per heavy atom. The Kier molecular flexibility index (Phi) is 4.54. The van der Waals surface area contributed by atoms with E-state index >= 15 is 4.39 Å². The summed E-state index contributed by atoms with van der Waals surface area (Å²) in [6.45, 7) is 6.63. The van der Waals surface area contributed by atoms with Crippen LogP contribution in [0.5, 0.6) is 0 Å². The van der Waals surface area contributed by atoms with Crippen LogP contribution in [-0.2, 0) is 24.6 Å². The summed E-state index contributed by atoms with van der Waals surface area (Å²) >= 11 is 0. The molecular formula is C22H24FN3O5. The number of fused-ring (bicyclic) bond motifs is 5. The average molecular weight is 429 g/mol. The zero-order chi connectivity index (χ0) is 22.9. The van der Waals surface area contributed by atoms with Crippen molar-refractivity contribution >= 4 is 23.5 Å². The number of carbonyl (C=O) groups excluding carboxylic acids is 3. The van der Waals surface area contributed by atoms with Gasteiger partial charge in [0.2, 0.25) is 0 Å². The predicted molar refractivity (Wildman–Crippen MR) is 106 cm³/mol. The summed E-state index contributed by atoms with van der Waals surface area (Å²) in [6.07, 6.45) is -0.679. The van der Waals surface area contributed by atoms with E-state index in [2.05, 4.69) is 6.07 Å². The molecule has 2 saturated heterocycles. The van der Waals surface area contributed by atoms with Gasteiger partial charge >= 0.3 is 6.09 Å². The van der Waals surface area contributed by atoms with Crippen LogP contribution in [0.4, 0.5) is 14.9 Å². The van der Waals surface area contributed by atoms with E-state index in [1.807, 2.05) is 0 Å². The van der Waals surface area contributed by atoms with Gasteiger partial charge < -0.3 is 9.57 Å². The second-order valence-corrected chi connectivity index (χ2v) is 9.37. The van der Waals surface area contributed by atoms with Crippen LogP contribution in [0.15, 0.2) is 18.2 Å². The lowest BCUT2D eigenvalue weighted by molar-refractivity contribution is -0.219. The number of ether oxygens (including phenoxy) is 1. The minimum absolute atomic E-state index is 0.144. The van der Waals surface area contributed by atoms with Crippen molar-refractivity contribution in [1.29, 1.82) is 5.26 Å². The third kappa shape index (κ3) is 2.49. The lowest BCUT2D eigenvalue weighted by Crippen LogP contribution is -2.61. The first kappa shape index (κ1) is 21.4. The molecule has 0 unspecified atom stereocenters. The first-order valence-corrected chi connectivity index (χ1v) is 10.1. The molecule has 1 aromatic carbocycles. The van der Waals surface area contributed by atoms with E-state index in [-0.39, 0.29) is 29.9 Å². The van der Waals surface area contributed by atoms with Crippen molar-refractivity contribution in [3.8, 4) is 6.07 Å². The van der Waals surface area contributed by atoms with Crippen LogP contribution in [0.3, 0.4) is 0 Å². The SMILES string of the molecule is CON1[C@@H]2C(=O)CC[C@@]1(C)[C@@]1(C(=O)N(C(=O)OC(C)(C)C)c3c(F)cccc31)[C@@H]2C#N. The number of amides is 2. The summed E-state index contributed by atoms with van der Waals surface area (Å²) in [5.74, 6) is -2.97. The normalized spacial score (nSPS) is 32.4. The van der Waals surface area contributed by atoms with Gasteiger partial charge in [-0.25, -0.2) is 14.1 Å². The monoisotopic (exact) mass is 429 g/mol. The number of ketones is 1. The molecule has 8 nitrogen and oxygen atoms in total. The van der Waals surface area contributed by atoms with Gasteiger partial charge in [0.25, 0.3) is 5.91 Å². The van der Waals surface area contributed by atoms with Crippen LogP contribution in [0.1, 0.15) is 46.1 Å². The highest BCUT2D eigenvalue weighted by Gasteiger charge is 2.78. The predicted octanol–water partition coefficient (Wildman–Crippen LogP) is 2.85. The smallest absolute Gasteiger partial charge is 0.421 e. The highest BCUT2D eigenvalue weighted by atomic mass is 19.1. The molecule has 0 aliphatic carbocycles. The number of hydrogen-bond donors (Lipinski definition) is 0. The number of anilines is 1. The van der Waals surface area contributed by atoms with Gasteiger partial charge in [0.1, 0.15) is 22.9 Å². The van der Waals surface area contributed by atoms with Crippen molar-refractivity contribution in [2.24, 2.45) is 5.92 Å². The Labute approximate surface area is 179 Å². The van der Waals surface area contributed by atoms with Crippen molar-refractivity contribution < 1.29 is 28.3 Å². The van der Waals surface area contributed by atoms with Crippen LogP contribution in [0.2, 0.25) is 0 Å². The fourth-order valence-electron chi connectivity index (χ4n) is 5.57. The fraction of sp³-hybridized carbons (Fsp3) is 0.545. The van der Waals surface area contributed by atoms with Gasteiger partial charge in [-0.1, -0.05) is 12.1 Å². The molecule has 0 radical (unpaired) electrons. The van der Waals surface area contributed by atoms with Gasteiger partial charge in [-0.2, -0.15) is 10.3 Å². The third-order valence-corrected chi connectivity index (χ3v) is 6.65. The molecule has 2 amide bonds. The number of nitrogens with zero attached hydrogens (tertiary/aromatic N) is 3. The van der Waals surface area contributed by atoms with Crippen molar-refractivity contribution in [2.75, 3.05) is 12.0 Å². The molecule has 0 N–H and O–H groups in total. The Morgan fingerprint density at radius 2 is 2.00 bits per heavy atom. The average Bonchev–Trinajstić information content (AvgIpc) is 3.04. The summed E-state index contributed by atoms with van der Waals surface area (Å²) in [7, 11) is 1.37. The largest absolute Gasteiger partial charge is 0.443 e. The van der Waals surface area contributed by atoms with Crippen LogP contribution in [0, 0.1) is 23.1 Å². The number of rotatable bonds is 1. The van der Waals surface area contributed by atoms with E-state index in [0.717, 1.165) is 6.07 Å².